The number of hydrogen-bond acceptors (Lipinski definition) is 10. The number of aliphatic carboxylic acids is 1. The summed E-state index contributed by atoms with van der Waals surface area (Å²) in [5.74, 6) is -6.90. The third kappa shape index (κ3) is 6.13. The molecule has 0 spiro atoms. The molecule has 27 heavy (non-hydrogen) atoms. The van der Waals surface area contributed by atoms with E-state index in [2.05, 4.69) is 10.1 Å². The lowest BCUT2D eigenvalue weighted by atomic mass is 9.88. The first-order valence-corrected chi connectivity index (χ1v) is 7.94. The monoisotopic (exact) mass is 393 g/mol. The van der Waals surface area contributed by atoms with Gasteiger partial charge in [0.2, 0.25) is 5.91 Å². The number of esters is 2. The molecule has 0 bridgehead atoms. The molecule has 0 radical (unpaired) electrons. The van der Waals surface area contributed by atoms with Gasteiger partial charge in [-0.2, -0.15) is 0 Å². The summed E-state index contributed by atoms with van der Waals surface area (Å²) in [7, 11) is 0. The molecule has 0 aliphatic carbocycles. The first-order chi connectivity index (χ1) is 12.4. The molecule has 0 aromatic rings. The first-order valence-electron chi connectivity index (χ1n) is 7.94. The minimum atomic E-state index is -2.86. The molecule has 12 nitrogen and oxygen atoms in total. The van der Waals surface area contributed by atoms with Crippen LogP contribution in [-0.2, 0) is 33.4 Å². The maximum absolute atomic E-state index is 11.5. The van der Waals surface area contributed by atoms with Gasteiger partial charge in [-0.1, -0.05) is 0 Å². The van der Waals surface area contributed by atoms with E-state index < -0.39 is 73.1 Å². The summed E-state index contributed by atoms with van der Waals surface area (Å²) in [4.78, 5) is 45.0. The number of aliphatic hydroxyl groups excluding tert-OH is 2. The Hall–Kier alpha value is -2.28. The highest BCUT2D eigenvalue weighted by Gasteiger charge is 2.55. The van der Waals surface area contributed by atoms with Crippen molar-refractivity contribution in [1.82, 2.24) is 5.32 Å². The Labute approximate surface area is 154 Å². The lowest BCUT2D eigenvalue weighted by Crippen LogP contribution is -2.68. The molecule has 1 amide bonds. The molecule has 0 saturated carbocycles. The molecule has 1 aliphatic heterocycles. The molecule has 5 N–H and O–H groups in total. The highest BCUT2D eigenvalue weighted by molar-refractivity contribution is 5.76. The van der Waals surface area contributed by atoms with Crippen LogP contribution in [0.3, 0.4) is 0 Å². The van der Waals surface area contributed by atoms with Crippen molar-refractivity contribution < 1.29 is 53.8 Å². The van der Waals surface area contributed by atoms with Crippen molar-refractivity contribution in [3.8, 4) is 0 Å². The van der Waals surface area contributed by atoms with E-state index in [-0.39, 0.29) is 0 Å². The van der Waals surface area contributed by atoms with Crippen LogP contribution in [0.25, 0.3) is 0 Å². The molecule has 1 heterocycles. The van der Waals surface area contributed by atoms with Gasteiger partial charge >= 0.3 is 17.9 Å². The molecule has 1 fully saturated rings. The number of carboxylic acids is 1. The number of aliphatic hydroxyl groups is 3. The van der Waals surface area contributed by atoms with Crippen molar-refractivity contribution in [3.63, 3.8) is 0 Å². The average molecular weight is 393 g/mol. The number of rotatable bonds is 7. The number of nitrogens with one attached hydrogen (secondary N) is 1. The third-order valence-corrected chi connectivity index (χ3v) is 3.77. The van der Waals surface area contributed by atoms with Gasteiger partial charge in [-0.25, -0.2) is 4.79 Å². The Morgan fingerprint density at radius 2 is 1.78 bits per heavy atom. The molecule has 1 saturated heterocycles. The summed E-state index contributed by atoms with van der Waals surface area (Å²) in [6.45, 7) is 2.55. The van der Waals surface area contributed by atoms with E-state index in [1.54, 1.807) is 0 Å². The first kappa shape index (κ1) is 22.8. The van der Waals surface area contributed by atoms with Crippen LogP contribution in [0.15, 0.2) is 0 Å². The van der Waals surface area contributed by atoms with Gasteiger partial charge in [-0.05, 0) is 0 Å². The number of carbonyl (C=O) groups excluding carboxylic acids is 3. The summed E-state index contributed by atoms with van der Waals surface area (Å²) in [5.41, 5.74) is 0. The highest BCUT2D eigenvalue weighted by atomic mass is 16.7. The Morgan fingerprint density at radius 1 is 1.19 bits per heavy atom. The fourth-order valence-corrected chi connectivity index (χ4v) is 2.64. The van der Waals surface area contributed by atoms with E-state index in [9.17, 15) is 39.6 Å². The van der Waals surface area contributed by atoms with Gasteiger partial charge in [0, 0.05) is 20.8 Å². The zero-order valence-electron chi connectivity index (χ0n) is 14.9. The van der Waals surface area contributed by atoms with E-state index in [1.807, 2.05) is 0 Å². The minimum absolute atomic E-state index is 0.631. The molecule has 1 rings (SSSR count). The molecule has 154 valence electrons. The van der Waals surface area contributed by atoms with Crippen LogP contribution in [-0.4, -0.2) is 87.1 Å². The van der Waals surface area contributed by atoms with E-state index >= 15 is 0 Å². The number of amides is 1. The SMILES string of the molecule is CC(=O)N[C@H]1[C@H]([C@H](O)[C@H](O)COC(C)=O)O[C@@](O)(C(=O)O)C[C@@H]1OC(C)=O. The third-order valence-electron chi connectivity index (χ3n) is 3.77. The van der Waals surface area contributed by atoms with Gasteiger partial charge in [0.05, 0.1) is 12.5 Å². The highest BCUT2D eigenvalue weighted by Crippen LogP contribution is 2.32. The van der Waals surface area contributed by atoms with Gasteiger partial charge in [-0.15, -0.1) is 0 Å². The van der Waals surface area contributed by atoms with Crippen molar-refractivity contribution in [2.45, 2.75) is 63.4 Å². The van der Waals surface area contributed by atoms with Gasteiger partial charge in [0.25, 0.3) is 5.79 Å². The summed E-state index contributed by atoms with van der Waals surface area (Å²) in [5, 5.41) is 42.1. The lowest BCUT2D eigenvalue weighted by Gasteiger charge is -2.45. The Kier molecular flexibility index (Phi) is 7.65. The van der Waals surface area contributed by atoms with Crippen LogP contribution in [0, 0.1) is 0 Å². The number of ether oxygens (including phenoxy) is 3. The number of hydrogen-bond donors (Lipinski definition) is 5. The molecular weight excluding hydrogens is 370 g/mol. The summed E-state index contributed by atoms with van der Waals surface area (Å²) < 4.78 is 14.6. The fourth-order valence-electron chi connectivity index (χ4n) is 2.64. The Balaban J connectivity index is 3.20. The second kappa shape index (κ2) is 9.08. The second-order valence-electron chi connectivity index (χ2n) is 6.11. The summed E-state index contributed by atoms with van der Waals surface area (Å²) in [6.07, 6.45) is -7.49. The van der Waals surface area contributed by atoms with E-state index in [4.69, 9.17) is 9.47 Å². The zero-order valence-corrected chi connectivity index (χ0v) is 14.9. The van der Waals surface area contributed by atoms with E-state index in [1.165, 1.54) is 0 Å². The van der Waals surface area contributed by atoms with Gasteiger partial charge in [-0.3, -0.25) is 14.4 Å². The van der Waals surface area contributed by atoms with Gasteiger partial charge in [0.15, 0.2) is 0 Å². The normalized spacial score (nSPS) is 29.9. The molecule has 12 heteroatoms. The van der Waals surface area contributed by atoms with Crippen LogP contribution in [0.2, 0.25) is 0 Å². The van der Waals surface area contributed by atoms with Crippen LogP contribution < -0.4 is 5.32 Å². The van der Waals surface area contributed by atoms with Crippen molar-refractivity contribution in [1.29, 1.82) is 0 Å². The van der Waals surface area contributed by atoms with Crippen molar-refractivity contribution in [2.75, 3.05) is 6.61 Å². The second-order valence-corrected chi connectivity index (χ2v) is 6.11. The predicted octanol–water partition coefficient (Wildman–Crippen LogP) is -2.73. The topological polar surface area (TPSA) is 189 Å². The smallest absolute Gasteiger partial charge is 0.364 e. The maximum Gasteiger partial charge on any atom is 0.364 e. The Morgan fingerprint density at radius 3 is 2.22 bits per heavy atom. The standard InChI is InChI=1S/C15H23NO11/c1-6(17)16-11-10(26-8(3)19)4-15(24,14(22)23)27-13(11)12(21)9(20)5-25-7(2)18/h9-13,20-21,24H,4-5H2,1-3H3,(H,16,17)(H,22,23)/t9-,10+,11-,12-,13-,15-/m1/s1. The van der Waals surface area contributed by atoms with Crippen LogP contribution in [0.5, 0.6) is 0 Å². The Bertz CT molecular complexity index is 594. The van der Waals surface area contributed by atoms with Crippen molar-refractivity contribution in [3.05, 3.63) is 0 Å². The average Bonchev–Trinajstić information content (AvgIpc) is 2.53. The summed E-state index contributed by atoms with van der Waals surface area (Å²) in [6, 6.07) is -1.30. The molecule has 0 aromatic carbocycles. The lowest BCUT2D eigenvalue weighted by molar-refractivity contribution is -0.296. The molecule has 6 atom stereocenters. The van der Waals surface area contributed by atoms with E-state index in [0.29, 0.717) is 0 Å². The minimum Gasteiger partial charge on any atom is -0.477 e. The quantitative estimate of drug-likeness (QED) is 0.282. The fraction of sp³-hybridized carbons (Fsp3) is 0.733. The van der Waals surface area contributed by atoms with Crippen LogP contribution in [0.4, 0.5) is 0 Å². The molecule has 1 aliphatic rings. The maximum atomic E-state index is 11.5. The zero-order chi connectivity index (χ0) is 20.9. The van der Waals surface area contributed by atoms with Crippen LogP contribution in [0.1, 0.15) is 27.2 Å². The largest absolute Gasteiger partial charge is 0.477 e. The number of carboxylic acid groups (broad SMARTS) is 1. The van der Waals surface area contributed by atoms with E-state index in [0.717, 1.165) is 20.8 Å². The number of carbonyl (C=O) groups is 4. The van der Waals surface area contributed by atoms with Crippen LogP contribution >= 0.6 is 0 Å². The summed E-state index contributed by atoms with van der Waals surface area (Å²) >= 11 is 0. The predicted molar refractivity (Wildman–Crippen MR) is 83.9 cm³/mol. The van der Waals surface area contributed by atoms with Crippen molar-refractivity contribution >= 4 is 23.8 Å². The molecule has 0 unspecified atom stereocenters. The molecule has 0 aromatic heterocycles. The van der Waals surface area contributed by atoms with Gasteiger partial charge in [0.1, 0.15) is 31.0 Å². The van der Waals surface area contributed by atoms with Crippen molar-refractivity contribution in [2.24, 2.45) is 0 Å². The van der Waals surface area contributed by atoms with Gasteiger partial charge < -0.3 is 40.0 Å². The molecular formula is C15H23NO11.